The largest absolute Gasteiger partial charge is 0.309 e. The highest BCUT2D eigenvalue weighted by Crippen LogP contribution is 2.50. The first-order valence-corrected chi connectivity index (χ1v) is 13.9. The van der Waals surface area contributed by atoms with Crippen LogP contribution < -0.4 is 0 Å². The van der Waals surface area contributed by atoms with Crippen LogP contribution in [0.2, 0.25) is 0 Å². The van der Waals surface area contributed by atoms with Gasteiger partial charge in [0.1, 0.15) is 0 Å². The van der Waals surface area contributed by atoms with Crippen LogP contribution in [-0.2, 0) is 0 Å². The fraction of sp³-hybridized carbons (Fsp3) is 0. The highest BCUT2D eigenvalue weighted by molar-refractivity contribution is 6.13. The van der Waals surface area contributed by atoms with Crippen LogP contribution in [0, 0.1) is 6.57 Å². The predicted molar refractivity (Wildman–Crippen MR) is 172 cm³/mol. The Morgan fingerprint density at radius 3 is 1.83 bits per heavy atom. The van der Waals surface area contributed by atoms with E-state index in [1.165, 1.54) is 60.3 Å². The average molecular weight is 519 g/mol. The monoisotopic (exact) mass is 518 g/mol. The number of rotatable bonds is 2. The van der Waals surface area contributed by atoms with Crippen LogP contribution in [0.4, 0.5) is 5.69 Å². The Hall–Kier alpha value is -5.65. The molecule has 188 valence electrons. The quantitative estimate of drug-likeness (QED) is 0.201. The van der Waals surface area contributed by atoms with Gasteiger partial charge in [0.05, 0.1) is 17.6 Å². The van der Waals surface area contributed by atoms with E-state index in [-0.39, 0.29) is 0 Å². The number of para-hydroxylation sites is 1. The Balaban J connectivity index is 1.18. The minimum Gasteiger partial charge on any atom is -0.309 e. The first-order valence-electron chi connectivity index (χ1n) is 13.9. The summed E-state index contributed by atoms with van der Waals surface area (Å²) in [4.78, 5) is 3.67. The molecule has 0 bridgehead atoms. The zero-order valence-electron chi connectivity index (χ0n) is 22.1. The molecule has 41 heavy (non-hydrogen) atoms. The molecule has 1 aliphatic rings. The second kappa shape index (κ2) is 8.18. The maximum atomic E-state index is 7.49. The average Bonchev–Trinajstić information content (AvgIpc) is 3.36. The molecular formula is C39H22N2. The van der Waals surface area contributed by atoms with Crippen LogP contribution in [0.5, 0.6) is 0 Å². The summed E-state index contributed by atoms with van der Waals surface area (Å²) in [6.07, 6.45) is 0. The van der Waals surface area contributed by atoms with E-state index in [4.69, 9.17) is 6.57 Å². The standard InChI is InChI=1S/C39H22N2/c1-40-30-14-16-39-37(23-30)32-9-5-6-10-38(32)41(39)31-15-13-27-20-34-35-21-28-17-25(24-7-3-2-4-8-24)11-12-26(28)19-33(35)36(34)22-29(27)18-31/h2-23H. The molecule has 0 unspecified atom stereocenters. The Kier molecular flexibility index (Phi) is 4.43. The molecule has 2 nitrogen and oxygen atoms in total. The molecule has 0 radical (unpaired) electrons. The minimum atomic E-state index is 0.667. The van der Waals surface area contributed by atoms with E-state index < -0.39 is 0 Å². The van der Waals surface area contributed by atoms with Crippen molar-refractivity contribution in [3.8, 4) is 39.1 Å². The van der Waals surface area contributed by atoms with E-state index in [0.29, 0.717) is 5.69 Å². The minimum absolute atomic E-state index is 0.667. The normalized spacial score (nSPS) is 11.9. The molecule has 1 heterocycles. The van der Waals surface area contributed by atoms with Crippen LogP contribution in [0.1, 0.15) is 0 Å². The van der Waals surface area contributed by atoms with Gasteiger partial charge in [-0.05, 0) is 121 Å². The van der Waals surface area contributed by atoms with Crippen molar-refractivity contribution in [2.45, 2.75) is 0 Å². The van der Waals surface area contributed by atoms with E-state index in [0.717, 1.165) is 22.1 Å². The highest BCUT2D eigenvalue weighted by atomic mass is 15.0. The molecule has 1 aliphatic carbocycles. The van der Waals surface area contributed by atoms with Crippen molar-refractivity contribution in [3.63, 3.8) is 0 Å². The molecule has 0 aliphatic heterocycles. The van der Waals surface area contributed by atoms with Gasteiger partial charge in [0.15, 0.2) is 5.69 Å². The van der Waals surface area contributed by atoms with Gasteiger partial charge in [0.25, 0.3) is 0 Å². The molecule has 0 amide bonds. The van der Waals surface area contributed by atoms with Crippen molar-refractivity contribution in [2.75, 3.05) is 0 Å². The molecule has 0 spiro atoms. The summed E-state index contributed by atoms with van der Waals surface area (Å²) in [6, 6.07) is 48.0. The van der Waals surface area contributed by atoms with Crippen LogP contribution in [0.25, 0.3) is 87.3 Å². The summed E-state index contributed by atoms with van der Waals surface area (Å²) in [5, 5.41) is 7.30. The Morgan fingerprint density at radius 1 is 0.439 bits per heavy atom. The van der Waals surface area contributed by atoms with Gasteiger partial charge in [-0.1, -0.05) is 72.8 Å². The lowest BCUT2D eigenvalue weighted by Crippen LogP contribution is -2.00. The van der Waals surface area contributed by atoms with Crippen molar-refractivity contribution in [1.29, 1.82) is 0 Å². The number of hydrogen-bond acceptors (Lipinski definition) is 0. The van der Waals surface area contributed by atoms with Gasteiger partial charge in [0, 0.05) is 11.1 Å². The molecule has 1 aromatic heterocycles. The van der Waals surface area contributed by atoms with Gasteiger partial charge in [-0.15, -0.1) is 0 Å². The number of aromatic nitrogens is 1. The molecule has 2 heteroatoms. The smallest absolute Gasteiger partial charge is 0.188 e. The maximum Gasteiger partial charge on any atom is 0.188 e. The SMILES string of the molecule is [C-]#[N+]c1ccc2c(c1)c1ccccc1n2-c1ccc2cc3c(cc2c1)-c1cc2ccc(-c4ccccc4)cc2cc1-3. The van der Waals surface area contributed by atoms with Crippen molar-refractivity contribution >= 4 is 49.0 Å². The fourth-order valence-corrected chi connectivity index (χ4v) is 6.67. The molecule has 0 saturated heterocycles. The maximum absolute atomic E-state index is 7.49. The Bertz CT molecular complexity index is 2420. The molecular weight excluding hydrogens is 496 g/mol. The van der Waals surface area contributed by atoms with Gasteiger partial charge in [-0.2, -0.15) is 0 Å². The predicted octanol–water partition coefficient (Wildman–Crippen LogP) is 11.0. The lowest BCUT2D eigenvalue weighted by Gasteiger charge is -2.26. The van der Waals surface area contributed by atoms with E-state index in [2.05, 4.69) is 131 Å². The lowest BCUT2D eigenvalue weighted by molar-refractivity contribution is 1.19. The molecule has 9 rings (SSSR count). The summed E-state index contributed by atoms with van der Waals surface area (Å²) in [7, 11) is 0. The Morgan fingerprint density at radius 2 is 1.07 bits per heavy atom. The van der Waals surface area contributed by atoms with E-state index in [9.17, 15) is 0 Å². The number of benzene rings is 7. The molecule has 0 fully saturated rings. The fourth-order valence-electron chi connectivity index (χ4n) is 6.67. The van der Waals surface area contributed by atoms with Gasteiger partial charge >= 0.3 is 0 Å². The Labute approximate surface area is 237 Å². The van der Waals surface area contributed by atoms with Crippen molar-refractivity contribution in [3.05, 3.63) is 145 Å². The van der Waals surface area contributed by atoms with Crippen LogP contribution >= 0.6 is 0 Å². The third-order valence-electron chi connectivity index (χ3n) is 8.67. The van der Waals surface area contributed by atoms with E-state index in [1.54, 1.807) is 0 Å². The molecule has 7 aromatic carbocycles. The molecule has 0 saturated carbocycles. The lowest BCUT2D eigenvalue weighted by atomic mass is 9.77. The number of fused-ring (bicyclic) bond motifs is 9. The van der Waals surface area contributed by atoms with Crippen molar-refractivity contribution < 1.29 is 0 Å². The van der Waals surface area contributed by atoms with Crippen LogP contribution in [0.15, 0.2) is 133 Å². The summed E-state index contributed by atoms with van der Waals surface area (Å²) in [6.45, 7) is 7.49. The zero-order valence-corrected chi connectivity index (χ0v) is 22.1. The number of nitrogens with zero attached hydrogens (tertiary/aromatic N) is 2. The number of hydrogen-bond donors (Lipinski definition) is 0. The highest BCUT2D eigenvalue weighted by Gasteiger charge is 2.24. The third-order valence-corrected chi connectivity index (χ3v) is 8.67. The van der Waals surface area contributed by atoms with Gasteiger partial charge in [-0.25, -0.2) is 4.85 Å². The molecule has 8 aromatic rings. The first-order chi connectivity index (χ1) is 20.2. The van der Waals surface area contributed by atoms with Crippen LogP contribution in [-0.4, -0.2) is 4.57 Å². The summed E-state index contributed by atoms with van der Waals surface area (Å²) < 4.78 is 2.32. The summed E-state index contributed by atoms with van der Waals surface area (Å²) >= 11 is 0. The molecule has 0 N–H and O–H groups in total. The second-order valence-corrected chi connectivity index (χ2v) is 10.9. The van der Waals surface area contributed by atoms with Gasteiger partial charge < -0.3 is 4.57 Å². The third kappa shape index (κ3) is 3.18. The second-order valence-electron chi connectivity index (χ2n) is 10.9. The van der Waals surface area contributed by atoms with Gasteiger partial charge in [-0.3, -0.25) is 0 Å². The zero-order chi connectivity index (χ0) is 27.1. The van der Waals surface area contributed by atoms with E-state index >= 15 is 0 Å². The summed E-state index contributed by atoms with van der Waals surface area (Å²) in [5.74, 6) is 0. The van der Waals surface area contributed by atoms with Crippen molar-refractivity contribution in [2.24, 2.45) is 0 Å². The van der Waals surface area contributed by atoms with Crippen molar-refractivity contribution in [1.82, 2.24) is 4.57 Å². The summed E-state index contributed by atoms with van der Waals surface area (Å²) in [5.41, 5.74) is 11.9. The topological polar surface area (TPSA) is 9.29 Å². The van der Waals surface area contributed by atoms with E-state index in [1.807, 2.05) is 12.1 Å². The molecule has 0 atom stereocenters. The van der Waals surface area contributed by atoms with Gasteiger partial charge in [0.2, 0.25) is 0 Å². The first kappa shape index (κ1) is 22.2. The van der Waals surface area contributed by atoms with Crippen LogP contribution in [0.3, 0.4) is 0 Å².